The molecule has 0 saturated carbocycles. The Morgan fingerprint density at radius 1 is 1.33 bits per heavy atom. The van der Waals surface area contributed by atoms with Crippen LogP contribution in [0.5, 0.6) is 0 Å². The summed E-state index contributed by atoms with van der Waals surface area (Å²) in [6.45, 7) is 1.15. The highest BCUT2D eigenvalue weighted by atomic mass is 32.2. The van der Waals surface area contributed by atoms with E-state index in [4.69, 9.17) is 0 Å². The molecule has 2 aliphatic heterocycles. The number of hydrogen-bond donors (Lipinski definition) is 0. The fourth-order valence-corrected chi connectivity index (χ4v) is 4.93. The van der Waals surface area contributed by atoms with Gasteiger partial charge < -0.3 is 0 Å². The van der Waals surface area contributed by atoms with E-state index in [2.05, 4.69) is 47.2 Å². The van der Waals surface area contributed by atoms with Gasteiger partial charge in [0.15, 0.2) is 0 Å². The van der Waals surface area contributed by atoms with Gasteiger partial charge >= 0.3 is 0 Å². The van der Waals surface area contributed by atoms with Crippen molar-refractivity contribution in [1.82, 2.24) is 4.90 Å². The van der Waals surface area contributed by atoms with Gasteiger partial charge in [-0.05, 0) is 23.8 Å². The van der Waals surface area contributed by atoms with Crippen molar-refractivity contribution in [1.29, 1.82) is 0 Å². The van der Waals surface area contributed by atoms with E-state index in [0.29, 0.717) is 4.71 Å². The number of benzene rings is 1. The molecule has 80 valence electrons. The minimum absolute atomic E-state index is 0.684. The zero-order chi connectivity index (χ0) is 10.3. The summed E-state index contributed by atoms with van der Waals surface area (Å²) in [5.41, 5.74) is 3.11. The van der Waals surface area contributed by atoms with Crippen LogP contribution in [0, 0.1) is 0 Å². The molecule has 1 saturated heterocycles. The van der Waals surface area contributed by atoms with Gasteiger partial charge in [-0.2, -0.15) is 0 Å². The van der Waals surface area contributed by atoms with Crippen LogP contribution in [0.4, 0.5) is 0 Å². The molecular weight excluding hydrogens is 222 g/mol. The molecule has 0 spiro atoms. The lowest BCUT2D eigenvalue weighted by atomic mass is 9.95. The number of rotatable bonds is 1. The molecule has 0 aliphatic carbocycles. The average Bonchev–Trinajstić information content (AvgIpc) is 2.68. The minimum atomic E-state index is 0.684. The maximum atomic E-state index is 2.66. The number of nitrogens with zero attached hydrogens (tertiary/aromatic N) is 1. The molecule has 1 aromatic carbocycles. The quantitative estimate of drug-likeness (QED) is 0.739. The largest absolute Gasteiger partial charge is 0.275 e. The first kappa shape index (κ1) is 10.1. The summed E-state index contributed by atoms with van der Waals surface area (Å²) in [6, 6.07) is 9.69. The third kappa shape index (κ3) is 1.71. The van der Waals surface area contributed by atoms with Gasteiger partial charge in [0.1, 0.15) is 4.71 Å². The molecule has 1 aromatic rings. The molecule has 1 unspecified atom stereocenters. The van der Waals surface area contributed by atoms with E-state index in [9.17, 15) is 0 Å². The van der Waals surface area contributed by atoms with Crippen molar-refractivity contribution in [2.24, 2.45) is 0 Å². The number of thioether (sulfide) groups is 2. The summed E-state index contributed by atoms with van der Waals surface area (Å²) in [6.07, 6.45) is 3.47. The summed E-state index contributed by atoms with van der Waals surface area (Å²) in [5.74, 6) is 1.31. The predicted molar refractivity (Wildman–Crippen MR) is 69.2 cm³/mol. The minimum Gasteiger partial charge on any atom is -0.275 e. The van der Waals surface area contributed by atoms with E-state index >= 15 is 0 Å². The third-order valence-electron chi connectivity index (χ3n) is 3.30. The lowest BCUT2D eigenvalue weighted by Gasteiger charge is -2.33. The fourth-order valence-electron chi connectivity index (χ4n) is 2.50. The van der Waals surface area contributed by atoms with Crippen molar-refractivity contribution >= 4 is 23.5 Å². The zero-order valence-corrected chi connectivity index (χ0v) is 10.5. The van der Waals surface area contributed by atoms with Crippen LogP contribution in [-0.2, 0) is 13.0 Å². The van der Waals surface area contributed by atoms with Gasteiger partial charge in [0.25, 0.3) is 0 Å². The molecule has 0 aromatic heterocycles. The topological polar surface area (TPSA) is 3.24 Å². The van der Waals surface area contributed by atoms with Gasteiger partial charge in [-0.3, -0.25) is 4.90 Å². The lowest BCUT2D eigenvalue weighted by molar-refractivity contribution is 0.225. The third-order valence-corrected chi connectivity index (χ3v) is 6.09. The van der Waals surface area contributed by atoms with Gasteiger partial charge in [0.2, 0.25) is 0 Å². The predicted octanol–water partition coefficient (Wildman–Crippen LogP) is 2.81. The maximum Gasteiger partial charge on any atom is 0.103 e. The van der Waals surface area contributed by atoms with E-state index in [0.717, 1.165) is 12.6 Å². The summed E-state index contributed by atoms with van der Waals surface area (Å²) in [7, 11) is 0. The van der Waals surface area contributed by atoms with Crippen LogP contribution in [0.2, 0.25) is 0 Å². The molecular formula is C12H15NS2. The first-order valence-electron chi connectivity index (χ1n) is 5.35. The zero-order valence-electron chi connectivity index (χ0n) is 8.85. The van der Waals surface area contributed by atoms with Gasteiger partial charge in [0, 0.05) is 18.3 Å². The van der Waals surface area contributed by atoms with E-state index in [1.807, 2.05) is 11.8 Å². The van der Waals surface area contributed by atoms with Crippen LogP contribution in [0.15, 0.2) is 24.3 Å². The SMILES string of the molecule is CSC1SC[C@@H]2Cc3ccccc3CN12. The van der Waals surface area contributed by atoms with Gasteiger partial charge in [-0.15, -0.1) is 23.5 Å². The average molecular weight is 237 g/mol. The number of hydrogen-bond acceptors (Lipinski definition) is 3. The Hall–Kier alpha value is -0.120. The Labute approximate surface area is 99.6 Å². The second-order valence-electron chi connectivity index (χ2n) is 4.18. The fraction of sp³-hybridized carbons (Fsp3) is 0.500. The van der Waals surface area contributed by atoms with Crippen molar-refractivity contribution in [3.8, 4) is 0 Å². The maximum absolute atomic E-state index is 2.66. The van der Waals surface area contributed by atoms with Crippen molar-refractivity contribution in [2.45, 2.75) is 23.7 Å². The molecule has 0 bridgehead atoms. The standard InChI is InChI=1S/C12H15NS2/c1-14-12-13-7-10-5-3-2-4-9(10)6-11(13)8-15-12/h2-5,11-12H,6-8H2,1H3/t11-,12?/m0/s1. The molecule has 1 fully saturated rings. The molecule has 3 rings (SSSR count). The van der Waals surface area contributed by atoms with Crippen molar-refractivity contribution in [3.63, 3.8) is 0 Å². The lowest BCUT2D eigenvalue weighted by Crippen LogP contribution is -2.39. The van der Waals surface area contributed by atoms with Crippen molar-refractivity contribution in [3.05, 3.63) is 35.4 Å². The highest BCUT2D eigenvalue weighted by Gasteiger charge is 2.36. The first-order valence-corrected chi connectivity index (χ1v) is 7.69. The summed E-state index contributed by atoms with van der Waals surface area (Å²) < 4.78 is 0.684. The second kappa shape index (κ2) is 4.04. The van der Waals surface area contributed by atoms with Gasteiger partial charge in [-0.1, -0.05) is 24.3 Å². The highest BCUT2D eigenvalue weighted by Crippen LogP contribution is 2.40. The molecule has 3 heteroatoms. The summed E-state index contributed by atoms with van der Waals surface area (Å²) >= 11 is 4.09. The van der Waals surface area contributed by atoms with Gasteiger partial charge in [-0.25, -0.2) is 0 Å². The normalized spacial score (nSPS) is 29.9. The molecule has 2 heterocycles. The molecule has 2 aliphatic rings. The van der Waals surface area contributed by atoms with Crippen LogP contribution >= 0.6 is 23.5 Å². The Morgan fingerprint density at radius 2 is 2.13 bits per heavy atom. The molecule has 1 nitrogen and oxygen atoms in total. The molecule has 15 heavy (non-hydrogen) atoms. The Bertz CT molecular complexity index is 366. The van der Waals surface area contributed by atoms with Crippen LogP contribution < -0.4 is 0 Å². The monoisotopic (exact) mass is 237 g/mol. The smallest absolute Gasteiger partial charge is 0.103 e. The molecule has 0 N–H and O–H groups in total. The van der Waals surface area contributed by atoms with Crippen molar-refractivity contribution < 1.29 is 0 Å². The first-order chi connectivity index (χ1) is 7.38. The van der Waals surface area contributed by atoms with Crippen LogP contribution in [-0.4, -0.2) is 27.7 Å². The molecule has 0 amide bonds. The van der Waals surface area contributed by atoms with Crippen LogP contribution in [0.3, 0.4) is 0 Å². The molecule has 0 radical (unpaired) electrons. The second-order valence-corrected chi connectivity index (χ2v) is 6.50. The Kier molecular flexibility index (Phi) is 2.71. The van der Waals surface area contributed by atoms with Crippen LogP contribution in [0.1, 0.15) is 11.1 Å². The highest BCUT2D eigenvalue weighted by molar-refractivity contribution is 8.16. The van der Waals surface area contributed by atoms with Crippen LogP contribution in [0.25, 0.3) is 0 Å². The summed E-state index contributed by atoms with van der Waals surface area (Å²) in [4.78, 5) is 2.66. The van der Waals surface area contributed by atoms with Crippen molar-refractivity contribution in [2.75, 3.05) is 12.0 Å². The van der Waals surface area contributed by atoms with E-state index < -0.39 is 0 Å². The van der Waals surface area contributed by atoms with E-state index in [1.54, 1.807) is 5.56 Å². The summed E-state index contributed by atoms with van der Waals surface area (Å²) in [5, 5.41) is 0. The van der Waals surface area contributed by atoms with E-state index in [-0.39, 0.29) is 0 Å². The Balaban J connectivity index is 1.90. The number of fused-ring (bicyclic) bond motifs is 2. The molecule has 2 atom stereocenters. The Morgan fingerprint density at radius 3 is 2.93 bits per heavy atom. The van der Waals surface area contributed by atoms with E-state index in [1.165, 1.54) is 17.7 Å². The van der Waals surface area contributed by atoms with Gasteiger partial charge in [0.05, 0.1) is 0 Å².